The van der Waals surface area contributed by atoms with Gasteiger partial charge in [-0.2, -0.15) is 0 Å². The third kappa shape index (κ3) is 3.56. The summed E-state index contributed by atoms with van der Waals surface area (Å²) in [7, 11) is 0. The largest absolute Gasteiger partial charge is 0.348 e. The Morgan fingerprint density at radius 3 is 2.82 bits per heavy atom. The van der Waals surface area contributed by atoms with Gasteiger partial charge in [-0.15, -0.1) is 5.10 Å². The summed E-state index contributed by atoms with van der Waals surface area (Å²) in [5, 5.41) is 7.64. The summed E-state index contributed by atoms with van der Waals surface area (Å²) in [6.07, 6.45) is 3.48. The van der Waals surface area contributed by atoms with E-state index in [-0.39, 0.29) is 23.3 Å². The van der Waals surface area contributed by atoms with Crippen LogP contribution in [0.3, 0.4) is 0 Å². The first kappa shape index (κ1) is 18.4. The van der Waals surface area contributed by atoms with Crippen molar-refractivity contribution in [1.29, 1.82) is 0 Å². The molecule has 1 atom stereocenters. The molecule has 3 aromatic rings. The van der Waals surface area contributed by atoms with E-state index in [1.165, 1.54) is 6.07 Å². The Morgan fingerprint density at radius 2 is 2.07 bits per heavy atom. The zero-order valence-electron chi connectivity index (χ0n) is 16.3. The highest BCUT2D eigenvalue weighted by atomic mass is 19.1. The monoisotopic (exact) mass is 381 g/mol. The van der Waals surface area contributed by atoms with Gasteiger partial charge in [0.15, 0.2) is 11.3 Å². The van der Waals surface area contributed by atoms with E-state index in [2.05, 4.69) is 15.2 Å². The fourth-order valence-corrected chi connectivity index (χ4v) is 3.68. The van der Waals surface area contributed by atoms with Crippen molar-refractivity contribution >= 4 is 17.4 Å². The van der Waals surface area contributed by atoms with Gasteiger partial charge in [-0.25, -0.2) is 13.9 Å². The normalized spacial score (nSPS) is 17.3. The van der Waals surface area contributed by atoms with E-state index in [1.54, 1.807) is 22.8 Å². The highest BCUT2D eigenvalue weighted by Gasteiger charge is 2.28. The molecule has 28 heavy (non-hydrogen) atoms. The van der Waals surface area contributed by atoms with E-state index in [4.69, 9.17) is 5.10 Å². The van der Waals surface area contributed by atoms with E-state index in [0.717, 1.165) is 30.8 Å². The van der Waals surface area contributed by atoms with Crippen LogP contribution in [0.2, 0.25) is 0 Å². The number of nitrogens with one attached hydrogen (secondary N) is 1. The number of nitrogens with zero attached hydrogens (tertiary/aromatic N) is 4. The van der Waals surface area contributed by atoms with Gasteiger partial charge < -0.3 is 10.2 Å². The maximum Gasteiger partial charge on any atom is 0.272 e. The van der Waals surface area contributed by atoms with Gasteiger partial charge in [-0.3, -0.25) is 4.79 Å². The van der Waals surface area contributed by atoms with E-state index in [9.17, 15) is 9.18 Å². The summed E-state index contributed by atoms with van der Waals surface area (Å²) in [6, 6.07) is 10.6. The Kier molecular flexibility index (Phi) is 4.53. The fraction of sp³-hybridized carbons (Fsp3) is 0.381. The van der Waals surface area contributed by atoms with Gasteiger partial charge in [0.2, 0.25) is 0 Å². The highest BCUT2D eigenvalue weighted by molar-refractivity contribution is 5.93. The van der Waals surface area contributed by atoms with Crippen LogP contribution >= 0.6 is 0 Å². The molecule has 0 radical (unpaired) electrons. The van der Waals surface area contributed by atoms with Gasteiger partial charge in [0, 0.05) is 12.1 Å². The summed E-state index contributed by atoms with van der Waals surface area (Å²) in [5.41, 5.74) is 1.60. The number of anilines is 1. The molecular weight excluding hydrogens is 357 g/mol. The average Bonchev–Trinajstić information content (AvgIpc) is 3.26. The van der Waals surface area contributed by atoms with Crippen molar-refractivity contribution in [3.63, 3.8) is 0 Å². The molecule has 1 unspecified atom stereocenters. The Morgan fingerprint density at radius 1 is 1.25 bits per heavy atom. The summed E-state index contributed by atoms with van der Waals surface area (Å²) < 4.78 is 15.3. The van der Waals surface area contributed by atoms with Crippen LogP contribution in [-0.2, 0) is 0 Å². The lowest BCUT2D eigenvalue weighted by Crippen LogP contribution is -2.41. The molecule has 0 spiro atoms. The van der Waals surface area contributed by atoms with Crippen LogP contribution in [0.15, 0.2) is 42.6 Å². The topological polar surface area (TPSA) is 62.5 Å². The Hall–Kier alpha value is -2.96. The molecule has 1 aliphatic rings. The van der Waals surface area contributed by atoms with Crippen molar-refractivity contribution in [3.05, 3.63) is 59.7 Å². The van der Waals surface area contributed by atoms with Crippen LogP contribution in [0.4, 0.5) is 10.2 Å². The number of aromatic nitrogens is 3. The van der Waals surface area contributed by atoms with E-state index >= 15 is 0 Å². The zero-order chi connectivity index (χ0) is 19.9. The molecule has 6 nitrogen and oxygen atoms in total. The van der Waals surface area contributed by atoms with Gasteiger partial charge in [-0.05, 0) is 63.4 Å². The third-order valence-electron chi connectivity index (χ3n) is 4.85. The van der Waals surface area contributed by atoms with Crippen LogP contribution in [0.25, 0.3) is 5.65 Å². The molecule has 4 rings (SSSR count). The number of benzene rings is 1. The van der Waals surface area contributed by atoms with Crippen molar-refractivity contribution in [2.24, 2.45) is 0 Å². The molecule has 7 heteroatoms. The highest BCUT2D eigenvalue weighted by Crippen LogP contribution is 2.35. The number of imidazole rings is 1. The first-order valence-electron chi connectivity index (χ1n) is 9.51. The molecule has 0 saturated carbocycles. The van der Waals surface area contributed by atoms with Crippen LogP contribution in [-0.4, -0.2) is 32.6 Å². The molecule has 1 aliphatic heterocycles. The number of carbonyl (C=O) groups excluding carboxylic acids is 1. The molecule has 2 aromatic heterocycles. The van der Waals surface area contributed by atoms with Crippen LogP contribution in [0.1, 0.15) is 55.7 Å². The molecule has 0 bridgehead atoms. The van der Waals surface area contributed by atoms with Crippen molar-refractivity contribution in [2.45, 2.75) is 45.2 Å². The number of fused-ring (bicyclic) bond motifs is 1. The minimum absolute atomic E-state index is 0.0658. The van der Waals surface area contributed by atoms with E-state index < -0.39 is 0 Å². The number of carbonyl (C=O) groups is 1. The van der Waals surface area contributed by atoms with Crippen molar-refractivity contribution in [3.8, 4) is 0 Å². The molecular formula is C21H24FN5O. The maximum atomic E-state index is 13.7. The Bertz CT molecular complexity index is 1020. The molecule has 3 heterocycles. The van der Waals surface area contributed by atoms with E-state index in [0.29, 0.717) is 11.3 Å². The molecule has 1 aromatic carbocycles. The second-order valence-corrected chi connectivity index (χ2v) is 8.22. The van der Waals surface area contributed by atoms with E-state index in [1.807, 2.05) is 39.0 Å². The molecule has 0 aliphatic carbocycles. The smallest absolute Gasteiger partial charge is 0.272 e. The number of amides is 1. The summed E-state index contributed by atoms with van der Waals surface area (Å²) in [6.45, 7) is 6.63. The molecule has 1 amide bonds. The number of hydrogen-bond donors (Lipinski definition) is 1. The van der Waals surface area contributed by atoms with Crippen LogP contribution in [0, 0.1) is 5.82 Å². The van der Waals surface area contributed by atoms with Gasteiger partial charge in [0.1, 0.15) is 11.6 Å². The summed E-state index contributed by atoms with van der Waals surface area (Å²) in [5.74, 6) is 0.304. The number of hydrogen-bond acceptors (Lipinski definition) is 4. The fourth-order valence-electron chi connectivity index (χ4n) is 3.68. The lowest BCUT2D eigenvalue weighted by Gasteiger charge is -2.26. The second kappa shape index (κ2) is 6.89. The maximum absolute atomic E-state index is 13.7. The molecule has 1 fully saturated rings. The van der Waals surface area contributed by atoms with Crippen LogP contribution in [0.5, 0.6) is 0 Å². The van der Waals surface area contributed by atoms with Gasteiger partial charge in [-0.1, -0.05) is 12.1 Å². The van der Waals surface area contributed by atoms with Gasteiger partial charge >= 0.3 is 0 Å². The molecule has 146 valence electrons. The first-order chi connectivity index (χ1) is 13.3. The lowest BCUT2D eigenvalue weighted by molar-refractivity contribution is 0.0912. The Labute approximate surface area is 163 Å². The predicted octanol–water partition coefficient (Wildman–Crippen LogP) is 3.74. The zero-order valence-corrected chi connectivity index (χ0v) is 16.3. The number of rotatable bonds is 3. The first-order valence-corrected chi connectivity index (χ1v) is 9.51. The number of halogens is 1. The quantitative estimate of drug-likeness (QED) is 0.751. The van der Waals surface area contributed by atoms with Crippen molar-refractivity contribution in [2.75, 3.05) is 11.4 Å². The van der Waals surface area contributed by atoms with Gasteiger partial charge in [0.25, 0.3) is 5.91 Å². The van der Waals surface area contributed by atoms with Gasteiger partial charge in [0.05, 0.1) is 12.2 Å². The minimum atomic E-state index is -0.351. The standard InChI is InChI=1S/C21H24FN5O/c1-21(2,3)24-20(28)17-13-23-18-9-10-19(25-27(17)18)26-11-5-8-16(26)14-6-4-7-15(22)12-14/h4,6-7,9-10,12-13,16H,5,8,11H2,1-3H3,(H,24,28). The average molecular weight is 381 g/mol. The Balaban J connectivity index is 1.69. The lowest BCUT2D eigenvalue weighted by atomic mass is 10.0. The van der Waals surface area contributed by atoms with Crippen molar-refractivity contribution in [1.82, 2.24) is 19.9 Å². The van der Waals surface area contributed by atoms with Crippen molar-refractivity contribution < 1.29 is 9.18 Å². The summed E-state index contributed by atoms with van der Waals surface area (Å²) in [4.78, 5) is 19.1. The third-order valence-corrected chi connectivity index (χ3v) is 4.85. The molecule has 1 saturated heterocycles. The molecule has 1 N–H and O–H groups in total. The minimum Gasteiger partial charge on any atom is -0.348 e. The SMILES string of the molecule is CC(C)(C)NC(=O)c1cnc2ccc(N3CCCC3c3cccc(F)c3)nn12. The van der Waals surface area contributed by atoms with Crippen LogP contribution < -0.4 is 10.2 Å². The predicted molar refractivity (Wildman–Crippen MR) is 106 cm³/mol. The second-order valence-electron chi connectivity index (χ2n) is 8.22. The summed E-state index contributed by atoms with van der Waals surface area (Å²) >= 11 is 0.